The standard InChI is InChI=1S/C21H25F4N5O.HI/c1-2-26-20(28-12-15-5-7-17(8-6-15)31-14-21(23,24)25)29-16-9-11-30(13-16)19-18(22)4-3-10-27-19;/h3-8,10,16H,2,9,11-14H2,1H3,(H2,26,28,29);1H. The zero-order valence-electron chi connectivity index (χ0n) is 17.5. The molecule has 2 heterocycles. The van der Waals surface area contributed by atoms with E-state index in [0.717, 1.165) is 12.0 Å². The summed E-state index contributed by atoms with van der Waals surface area (Å²) in [5, 5.41) is 6.53. The van der Waals surface area contributed by atoms with E-state index >= 15 is 0 Å². The highest BCUT2D eigenvalue weighted by Crippen LogP contribution is 2.21. The van der Waals surface area contributed by atoms with Crippen LogP contribution < -0.4 is 20.3 Å². The van der Waals surface area contributed by atoms with Crippen molar-refractivity contribution < 1.29 is 22.3 Å². The van der Waals surface area contributed by atoms with Crippen molar-refractivity contribution in [2.24, 2.45) is 4.99 Å². The van der Waals surface area contributed by atoms with E-state index in [4.69, 9.17) is 4.74 Å². The van der Waals surface area contributed by atoms with Gasteiger partial charge in [-0.2, -0.15) is 13.2 Å². The Morgan fingerprint density at radius 1 is 1.25 bits per heavy atom. The number of rotatable bonds is 7. The number of aliphatic imine (C=N–C) groups is 1. The fraction of sp³-hybridized carbons (Fsp3) is 0.429. The van der Waals surface area contributed by atoms with Crippen molar-refractivity contribution >= 4 is 35.8 Å². The van der Waals surface area contributed by atoms with Crippen LogP contribution in [0.5, 0.6) is 5.75 Å². The van der Waals surface area contributed by atoms with Crippen LogP contribution in [-0.2, 0) is 6.54 Å². The summed E-state index contributed by atoms with van der Waals surface area (Å²) in [5.41, 5.74) is 0.833. The van der Waals surface area contributed by atoms with Crippen molar-refractivity contribution in [3.63, 3.8) is 0 Å². The lowest BCUT2D eigenvalue weighted by molar-refractivity contribution is -0.153. The second-order valence-electron chi connectivity index (χ2n) is 7.13. The largest absolute Gasteiger partial charge is 0.484 e. The summed E-state index contributed by atoms with van der Waals surface area (Å²) in [6.45, 7) is 2.93. The number of guanidine groups is 1. The lowest BCUT2D eigenvalue weighted by Gasteiger charge is -2.20. The Morgan fingerprint density at radius 3 is 2.66 bits per heavy atom. The zero-order chi connectivity index (χ0) is 22.3. The van der Waals surface area contributed by atoms with E-state index < -0.39 is 12.8 Å². The third-order valence-electron chi connectivity index (χ3n) is 4.66. The maximum absolute atomic E-state index is 14.0. The minimum Gasteiger partial charge on any atom is -0.484 e. The molecule has 0 radical (unpaired) electrons. The molecule has 6 nitrogen and oxygen atoms in total. The number of pyridine rings is 1. The van der Waals surface area contributed by atoms with Gasteiger partial charge >= 0.3 is 6.18 Å². The van der Waals surface area contributed by atoms with Crippen molar-refractivity contribution in [3.8, 4) is 5.75 Å². The van der Waals surface area contributed by atoms with Gasteiger partial charge in [-0.05, 0) is 43.2 Å². The summed E-state index contributed by atoms with van der Waals surface area (Å²) in [5.74, 6) is 0.782. The maximum atomic E-state index is 14.0. The Labute approximate surface area is 201 Å². The molecule has 1 fully saturated rings. The second kappa shape index (κ2) is 12.1. The molecule has 176 valence electrons. The summed E-state index contributed by atoms with van der Waals surface area (Å²) >= 11 is 0. The molecular weight excluding hydrogens is 541 g/mol. The number of hydrogen-bond donors (Lipinski definition) is 2. The van der Waals surface area contributed by atoms with Crippen LogP contribution >= 0.6 is 24.0 Å². The predicted molar refractivity (Wildman–Crippen MR) is 126 cm³/mol. The van der Waals surface area contributed by atoms with Gasteiger partial charge in [-0.25, -0.2) is 14.4 Å². The van der Waals surface area contributed by atoms with Crippen LogP contribution in [0.4, 0.5) is 23.4 Å². The lowest BCUT2D eigenvalue weighted by atomic mass is 10.2. The Kier molecular flexibility index (Phi) is 9.79. The van der Waals surface area contributed by atoms with Gasteiger partial charge in [0.1, 0.15) is 5.75 Å². The molecule has 1 saturated heterocycles. The van der Waals surface area contributed by atoms with Gasteiger partial charge in [0.25, 0.3) is 0 Å². The number of alkyl halides is 3. The van der Waals surface area contributed by atoms with Crippen LogP contribution in [0.1, 0.15) is 18.9 Å². The summed E-state index contributed by atoms with van der Waals surface area (Å²) < 4.78 is 55.4. The van der Waals surface area contributed by atoms with Gasteiger partial charge in [0.2, 0.25) is 0 Å². The molecule has 1 aromatic heterocycles. The molecule has 2 aromatic rings. The van der Waals surface area contributed by atoms with E-state index in [-0.39, 0.29) is 41.6 Å². The number of benzene rings is 1. The molecule has 3 rings (SSSR count). The number of ether oxygens (including phenoxy) is 1. The molecule has 1 aromatic carbocycles. The molecule has 0 amide bonds. The highest BCUT2D eigenvalue weighted by molar-refractivity contribution is 14.0. The summed E-state index contributed by atoms with van der Waals surface area (Å²) in [6, 6.07) is 9.39. The highest BCUT2D eigenvalue weighted by atomic mass is 127. The van der Waals surface area contributed by atoms with Crippen LogP contribution in [0.15, 0.2) is 47.6 Å². The molecule has 1 aliphatic rings. The average molecular weight is 567 g/mol. The Hall–Kier alpha value is -2.31. The van der Waals surface area contributed by atoms with Crippen molar-refractivity contribution in [2.75, 3.05) is 31.1 Å². The summed E-state index contributed by atoms with van der Waals surface area (Å²) in [6.07, 6.45) is -1.98. The van der Waals surface area contributed by atoms with E-state index in [9.17, 15) is 17.6 Å². The molecular formula is C21H26F4IN5O. The Morgan fingerprint density at radius 2 is 2.00 bits per heavy atom. The molecule has 1 unspecified atom stereocenters. The lowest BCUT2D eigenvalue weighted by Crippen LogP contribution is -2.44. The minimum absolute atomic E-state index is 0. The third-order valence-corrected chi connectivity index (χ3v) is 4.66. The number of nitrogens with one attached hydrogen (secondary N) is 2. The van der Waals surface area contributed by atoms with E-state index in [1.54, 1.807) is 24.4 Å². The minimum atomic E-state index is -4.37. The third kappa shape index (κ3) is 7.99. The smallest absolute Gasteiger partial charge is 0.422 e. The monoisotopic (exact) mass is 567 g/mol. The molecule has 11 heteroatoms. The zero-order valence-corrected chi connectivity index (χ0v) is 19.9. The SMILES string of the molecule is CCNC(=NCc1ccc(OCC(F)(F)F)cc1)NC1CCN(c2ncccc2F)C1.I. The number of nitrogens with zero attached hydrogens (tertiary/aromatic N) is 3. The second-order valence-corrected chi connectivity index (χ2v) is 7.13. The van der Waals surface area contributed by atoms with Gasteiger partial charge in [-0.1, -0.05) is 12.1 Å². The van der Waals surface area contributed by atoms with Crippen LogP contribution in [0, 0.1) is 5.82 Å². The first-order valence-corrected chi connectivity index (χ1v) is 10.0. The van der Waals surface area contributed by atoms with E-state index in [1.165, 1.54) is 18.2 Å². The van der Waals surface area contributed by atoms with Crippen LogP contribution in [-0.4, -0.2) is 49.4 Å². The van der Waals surface area contributed by atoms with Crippen molar-refractivity contribution in [3.05, 3.63) is 54.0 Å². The molecule has 0 aliphatic carbocycles. The highest BCUT2D eigenvalue weighted by Gasteiger charge is 2.28. The molecule has 0 saturated carbocycles. The van der Waals surface area contributed by atoms with Crippen LogP contribution in [0.25, 0.3) is 0 Å². The van der Waals surface area contributed by atoms with Gasteiger partial charge in [-0.15, -0.1) is 24.0 Å². The van der Waals surface area contributed by atoms with E-state index in [0.29, 0.717) is 38.0 Å². The summed E-state index contributed by atoms with van der Waals surface area (Å²) in [4.78, 5) is 10.6. The van der Waals surface area contributed by atoms with Crippen molar-refractivity contribution in [1.29, 1.82) is 0 Å². The molecule has 32 heavy (non-hydrogen) atoms. The van der Waals surface area contributed by atoms with E-state index in [2.05, 4.69) is 20.6 Å². The van der Waals surface area contributed by atoms with Gasteiger partial charge in [-0.3, -0.25) is 0 Å². The Balaban J connectivity index is 0.00000363. The molecule has 0 spiro atoms. The maximum Gasteiger partial charge on any atom is 0.422 e. The first-order valence-electron chi connectivity index (χ1n) is 10.0. The molecule has 1 atom stereocenters. The van der Waals surface area contributed by atoms with Crippen molar-refractivity contribution in [1.82, 2.24) is 15.6 Å². The number of anilines is 1. The molecule has 1 aliphatic heterocycles. The predicted octanol–water partition coefficient (Wildman–Crippen LogP) is 4.11. The average Bonchev–Trinajstić information content (AvgIpc) is 3.19. The van der Waals surface area contributed by atoms with Gasteiger partial charge in [0.05, 0.1) is 6.54 Å². The van der Waals surface area contributed by atoms with Crippen molar-refractivity contribution in [2.45, 2.75) is 32.1 Å². The molecule has 2 N–H and O–H groups in total. The van der Waals surface area contributed by atoms with Crippen LogP contribution in [0.3, 0.4) is 0 Å². The Bertz CT molecular complexity index is 879. The number of aromatic nitrogens is 1. The normalized spacial score (nSPS) is 16.5. The fourth-order valence-corrected chi connectivity index (χ4v) is 3.22. The fourth-order valence-electron chi connectivity index (χ4n) is 3.22. The summed E-state index contributed by atoms with van der Waals surface area (Å²) in [7, 11) is 0. The van der Waals surface area contributed by atoms with Crippen LogP contribution in [0.2, 0.25) is 0 Å². The number of halogens is 5. The quantitative estimate of drug-likeness (QED) is 0.228. The van der Waals surface area contributed by atoms with Gasteiger partial charge < -0.3 is 20.3 Å². The molecule has 0 bridgehead atoms. The van der Waals surface area contributed by atoms with Gasteiger partial charge in [0.15, 0.2) is 24.2 Å². The van der Waals surface area contributed by atoms with Gasteiger partial charge in [0, 0.05) is 31.9 Å². The van der Waals surface area contributed by atoms with E-state index in [1.807, 2.05) is 11.8 Å². The number of hydrogen-bond acceptors (Lipinski definition) is 4. The topological polar surface area (TPSA) is 61.8 Å². The first kappa shape index (κ1) is 25.9. The first-order chi connectivity index (χ1) is 14.8.